The van der Waals surface area contributed by atoms with Gasteiger partial charge in [0, 0.05) is 31.1 Å². The van der Waals surface area contributed by atoms with Gasteiger partial charge in [-0.15, -0.1) is 12.4 Å². The highest BCUT2D eigenvalue weighted by molar-refractivity contribution is 5.85. The second-order valence-corrected chi connectivity index (χ2v) is 6.62. The number of para-hydroxylation sites is 1. The van der Waals surface area contributed by atoms with Crippen molar-refractivity contribution >= 4 is 24.3 Å². The number of rotatable bonds is 6. The summed E-state index contributed by atoms with van der Waals surface area (Å²) in [7, 11) is 3.01. The number of hydrogen-bond donors (Lipinski definition) is 1. The fourth-order valence-corrected chi connectivity index (χ4v) is 3.75. The van der Waals surface area contributed by atoms with E-state index in [4.69, 9.17) is 14.2 Å². The fraction of sp³-hybridized carbons (Fsp3) is 0.556. The lowest BCUT2D eigenvalue weighted by molar-refractivity contribution is -0.153. The summed E-state index contributed by atoms with van der Waals surface area (Å²) in [6.07, 6.45) is 0. The van der Waals surface area contributed by atoms with E-state index in [9.17, 15) is 9.59 Å². The first kappa shape index (κ1) is 20.5. The maximum absolute atomic E-state index is 12.3. The average Bonchev–Trinajstić information content (AvgIpc) is 3.17. The maximum atomic E-state index is 12.3. The number of hydrogen-bond acceptors (Lipinski definition) is 6. The molecule has 0 aliphatic carbocycles. The molecule has 1 aromatic rings. The van der Waals surface area contributed by atoms with E-state index in [0.717, 1.165) is 11.3 Å². The molecular weight excluding hydrogens is 360 g/mol. The topological polar surface area (TPSA) is 77.1 Å². The maximum Gasteiger partial charge on any atom is 0.315 e. The normalized spacial score (nSPS) is 24.5. The number of methoxy groups -OCH3 is 2. The zero-order chi connectivity index (χ0) is 17.9. The molecule has 2 atom stereocenters. The van der Waals surface area contributed by atoms with Crippen molar-refractivity contribution in [2.24, 2.45) is 11.3 Å². The second-order valence-electron chi connectivity index (χ2n) is 6.62. The number of likely N-dealkylation sites (tertiary alicyclic amines) is 1. The Morgan fingerprint density at radius 1 is 1.35 bits per heavy atom. The molecule has 26 heavy (non-hydrogen) atoms. The molecule has 1 amide bonds. The van der Waals surface area contributed by atoms with Crippen molar-refractivity contribution < 1.29 is 23.8 Å². The Morgan fingerprint density at radius 3 is 2.85 bits per heavy atom. The Morgan fingerprint density at radius 2 is 2.12 bits per heavy atom. The Hall–Kier alpha value is -1.83. The minimum absolute atomic E-state index is 0. The molecule has 0 radical (unpaired) electrons. The summed E-state index contributed by atoms with van der Waals surface area (Å²) in [6.45, 7) is 2.72. The van der Waals surface area contributed by atoms with Crippen LogP contribution in [0.4, 0.5) is 0 Å². The predicted octanol–water partition coefficient (Wildman–Crippen LogP) is 0.855. The van der Waals surface area contributed by atoms with Crippen LogP contribution in [0.25, 0.3) is 0 Å². The second kappa shape index (κ2) is 8.70. The summed E-state index contributed by atoms with van der Waals surface area (Å²) in [5.41, 5.74) is 0.300. The van der Waals surface area contributed by atoms with E-state index < -0.39 is 5.41 Å². The van der Waals surface area contributed by atoms with Gasteiger partial charge in [0.05, 0.1) is 34.0 Å². The van der Waals surface area contributed by atoms with Crippen LogP contribution in [0.1, 0.15) is 5.56 Å². The molecule has 0 spiro atoms. The molecule has 1 N–H and O–H groups in total. The molecule has 2 aliphatic heterocycles. The SMILES string of the molecule is COC(=O)[C@@]12COC[C@@H]1CN(CC(=O)NCc1ccccc1OC)C2.Cl. The fourth-order valence-electron chi connectivity index (χ4n) is 3.75. The molecule has 8 heteroatoms. The lowest BCUT2D eigenvalue weighted by atomic mass is 9.81. The molecule has 0 bridgehead atoms. The highest BCUT2D eigenvalue weighted by Gasteiger charge is 2.56. The van der Waals surface area contributed by atoms with E-state index in [0.29, 0.717) is 32.8 Å². The van der Waals surface area contributed by atoms with Gasteiger partial charge in [-0.2, -0.15) is 0 Å². The molecule has 2 aliphatic rings. The van der Waals surface area contributed by atoms with Crippen LogP contribution in [-0.2, 0) is 25.6 Å². The predicted molar refractivity (Wildman–Crippen MR) is 97.3 cm³/mol. The lowest BCUT2D eigenvalue weighted by Crippen LogP contribution is -2.41. The van der Waals surface area contributed by atoms with Gasteiger partial charge in [0.2, 0.25) is 5.91 Å². The molecule has 144 valence electrons. The minimum Gasteiger partial charge on any atom is -0.496 e. The molecule has 0 saturated carbocycles. The molecule has 7 nitrogen and oxygen atoms in total. The molecule has 1 aromatic carbocycles. The third-order valence-electron chi connectivity index (χ3n) is 5.07. The summed E-state index contributed by atoms with van der Waals surface area (Å²) in [5, 5.41) is 2.91. The van der Waals surface area contributed by atoms with E-state index in [2.05, 4.69) is 5.32 Å². The van der Waals surface area contributed by atoms with Gasteiger partial charge in [-0.1, -0.05) is 18.2 Å². The Labute approximate surface area is 159 Å². The van der Waals surface area contributed by atoms with Gasteiger partial charge in [0.25, 0.3) is 0 Å². The number of nitrogens with zero attached hydrogens (tertiary/aromatic N) is 1. The number of ether oxygens (including phenoxy) is 3. The van der Waals surface area contributed by atoms with Crippen molar-refractivity contribution in [1.82, 2.24) is 10.2 Å². The zero-order valence-electron chi connectivity index (χ0n) is 15.0. The third-order valence-corrected chi connectivity index (χ3v) is 5.07. The average molecular weight is 385 g/mol. The van der Waals surface area contributed by atoms with Crippen molar-refractivity contribution in [3.05, 3.63) is 29.8 Å². The van der Waals surface area contributed by atoms with E-state index in [1.54, 1.807) is 7.11 Å². The van der Waals surface area contributed by atoms with Gasteiger partial charge < -0.3 is 19.5 Å². The Kier molecular flexibility index (Phi) is 6.86. The van der Waals surface area contributed by atoms with Crippen LogP contribution in [0.5, 0.6) is 5.75 Å². The van der Waals surface area contributed by atoms with Gasteiger partial charge in [-0.05, 0) is 6.07 Å². The van der Waals surface area contributed by atoms with Crippen molar-refractivity contribution in [1.29, 1.82) is 0 Å². The van der Waals surface area contributed by atoms with Crippen LogP contribution in [0, 0.1) is 11.3 Å². The number of benzene rings is 1. The van der Waals surface area contributed by atoms with E-state index in [1.165, 1.54) is 7.11 Å². The van der Waals surface area contributed by atoms with Gasteiger partial charge in [-0.25, -0.2) is 0 Å². The molecule has 0 unspecified atom stereocenters. The first-order chi connectivity index (χ1) is 12.1. The van der Waals surface area contributed by atoms with Crippen LogP contribution >= 0.6 is 12.4 Å². The van der Waals surface area contributed by atoms with Crippen LogP contribution < -0.4 is 10.1 Å². The Bertz CT molecular complexity index is 656. The molecular formula is C18H25ClN2O5. The summed E-state index contributed by atoms with van der Waals surface area (Å²) in [4.78, 5) is 26.5. The summed E-state index contributed by atoms with van der Waals surface area (Å²) < 4.78 is 15.7. The molecule has 2 fully saturated rings. The van der Waals surface area contributed by atoms with Gasteiger partial charge >= 0.3 is 5.97 Å². The first-order valence-corrected chi connectivity index (χ1v) is 8.36. The van der Waals surface area contributed by atoms with Crippen molar-refractivity contribution in [3.8, 4) is 5.75 Å². The van der Waals surface area contributed by atoms with E-state index in [1.807, 2.05) is 29.2 Å². The lowest BCUT2D eigenvalue weighted by Gasteiger charge is -2.23. The number of fused-ring (bicyclic) bond motifs is 1. The number of esters is 1. The van der Waals surface area contributed by atoms with E-state index in [-0.39, 0.29) is 36.7 Å². The largest absolute Gasteiger partial charge is 0.496 e. The molecule has 0 aromatic heterocycles. The zero-order valence-corrected chi connectivity index (χ0v) is 15.8. The smallest absolute Gasteiger partial charge is 0.315 e. The van der Waals surface area contributed by atoms with Crippen molar-refractivity contribution in [2.75, 3.05) is 47.1 Å². The number of halogens is 1. The van der Waals surface area contributed by atoms with Gasteiger partial charge in [0.1, 0.15) is 11.2 Å². The Balaban J connectivity index is 0.00000243. The number of nitrogens with one attached hydrogen (secondary N) is 1. The first-order valence-electron chi connectivity index (χ1n) is 8.36. The number of amides is 1. The molecule has 2 saturated heterocycles. The van der Waals surface area contributed by atoms with Crippen LogP contribution in [0.3, 0.4) is 0 Å². The molecule has 3 rings (SSSR count). The van der Waals surface area contributed by atoms with E-state index >= 15 is 0 Å². The van der Waals surface area contributed by atoms with Crippen LogP contribution in [-0.4, -0.2) is 63.8 Å². The molecule has 2 heterocycles. The summed E-state index contributed by atoms with van der Waals surface area (Å²) >= 11 is 0. The van der Waals surface area contributed by atoms with Gasteiger partial charge in [0.15, 0.2) is 0 Å². The summed E-state index contributed by atoms with van der Waals surface area (Å²) in [5.74, 6) is 0.515. The highest BCUT2D eigenvalue weighted by Crippen LogP contribution is 2.42. The van der Waals surface area contributed by atoms with Crippen LogP contribution in [0.15, 0.2) is 24.3 Å². The number of carbonyl (C=O) groups excluding carboxylic acids is 2. The van der Waals surface area contributed by atoms with Crippen LogP contribution in [0.2, 0.25) is 0 Å². The monoisotopic (exact) mass is 384 g/mol. The minimum atomic E-state index is -0.627. The number of carbonyl (C=O) groups is 2. The third kappa shape index (κ3) is 3.95. The van der Waals surface area contributed by atoms with Crippen molar-refractivity contribution in [3.63, 3.8) is 0 Å². The summed E-state index contributed by atoms with van der Waals surface area (Å²) in [6, 6.07) is 7.58. The van der Waals surface area contributed by atoms with Gasteiger partial charge in [-0.3, -0.25) is 14.5 Å². The standard InChI is InChI=1S/C18H24N2O5.ClH/c1-23-15-6-4-3-5-13(15)7-19-16(21)9-20-8-14-10-25-12-18(14,11-20)17(22)24-2;/h3-6,14H,7-12H2,1-2H3,(H,19,21);1H/t14-,18-;/m0./s1. The highest BCUT2D eigenvalue weighted by atomic mass is 35.5. The van der Waals surface area contributed by atoms with Crippen molar-refractivity contribution in [2.45, 2.75) is 6.54 Å². The quantitative estimate of drug-likeness (QED) is 0.733.